The molecule has 1 N–H and O–H groups in total. The van der Waals surface area contributed by atoms with E-state index in [1.807, 2.05) is 4.90 Å². The van der Waals surface area contributed by atoms with Gasteiger partial charge in [-0.3, -0.25) is 0 Å². The van der Waals surface area contributed by atoms with Crippen molar-refractivity contribution in [1.82, 2.24) is 9.80 Å². The first-order valence-electron chi connectivity index (χ1n) is 10.0. The number of unbranched alkanes of at least 4 members (excludes halogenated alkanes) is 1. The van der Waals surface area contributed by atoms with E-state index in [2.05, 4.69) is 6.92 Å². The summed E-state index contributed by atoms with van der Waals surface area (Å²) in [5.74, 6) is 0.597. The molecule has 1 unspecified atom stereocenters. The zero-order valence-corrected chi connectivity index (χ0v) is 15.4. The van der Waals surface area contributed by atoms with Crippen LogP contribution in [0.15, 0.2) is 0 Å². The highest BCUT2D eigenvalue weighted by Crippen LogP contribution is 2.42. The number of nitrogens with zero attached hydrogens (tertiary/aromatic N) is 2. The summed E-state index contributed by atoms with van der Waals surface area (Å²) in [5, 5.41) is 9.20. The fourth-order valence-corrected chi connectivity index (χ4v) is 4.89. The Balaban J connectivity index is 1.72. The van der Waals surface area contributed by atoms with Gasteiger partial charge in [0.2, 0.25) is 0 Å². The molecule has 0 aromatic rings. The maximum absolute atomic E-state index is 12.7. The number of piperidine rings is 1. The van der Waals surface area contributed by atoms with Gasteiger partial charge < -0.3 is 19.6 Å². The summed E-state index contributed by atoms with van der Waals surface area (Å²) < 4.78 is 5.95. The van der Waals surface area contributed by atoms with E-state index >= 15 is 0 Å². The molecule has 3 fully saturated rings. The maximum atomic E-state index is 12.7. The molecule has 6 heteroatoms. The van der Waals surface area contributed by atoms with E-state index < -0.39 is 11.7 Å². The molecule has 142 valence electrons. The van der Waals surface area contributed by atoms with Crippen molar-refractivity contribution < 1.29 is 19.4 Å². The van der Waals surface area contributed by atoms with Crippen molar-refractivity contribution in [3.05, 3.63) is 0 Å². The number of rotatable bonds is 5. The number of likely N-dealkylation sites (tertiary alicyclic amines) is 1. The lowest BCUT2D eigenvalue weighted by atomic mass is 9.81. The van der Waals surface area contributed by atoms with Crippen LogP contribution >= 0.6 is 0 Å². The fourth-order valence-electron chi connectivity index (χ4n) is 4.89. The predicted octanol–water partition coefficient (Wildman–Crippen LogP) is 4.09. The Labute approximate surface area is 150 Å². The number of ether oxygens (including phenoxy) is 1. The summed E-state index contributed by atoms with van der Waals surface area (Å²) in [5.41, 5.74) is -0.479. The number of hydrogen-bond donors (Lipinski definition) is 1. The average Bonchev–Trinajstić information content (AvgIpc) is 2.85. The predicted molar refractivity (Wildman–Crippen MR) is 94.6 cm³/mol. The van der Waals surface area contributed by atoms with E-state index in [0.717, 1.165) is 25.8 Å². The molecule has 2 amide bonds. The molecule has 0 radical (unpaired) electrons. The Hall–Kier alpha value is -1.46. The van der Waals surface area contributed by atoms with Gasteiger partial charge in [-0.2, -0.15) is 0 Å². The number of hydrogen-bond acceptors (Lipinski definition) is 3. The Morgan fingerprint density at radius 2 is 1.92 bits per heavy atom. The summed E-state index contributed by atoms with van der Waals surface area (Å²) in [7, 11) is 0. The quantitative estimate of drug-likeness (QED) is 0.809. The Kier molecular flexibility index (Phi) is 5.74. The molecule has 0 bridgehead atoms. The third kappa shape index (κ3) is 3.87. The van der Waals surface area contributed by atoms with Crippen molar-refractivity contribution in [1.29, 1.82) is 0 Å². The van der Waals surface area contributed by atoms with Crippen LogP contribution in [0.3, 0.4) is 0 Å². The Morgan fingerprint density at radius 3 is 2.52 bits per heavy atom. The van der Waals surface area contributed by atoms with Crippen molar-refractivity contribution in [2.45, 2.75) is 82.8 Å². The molecule has 2 aliphatic heterocycles. The van der Waals surface area contributed by atoms with Gasteiger partial charge in [0.25, 0.3) is 0 Å². The molecule has 6 nitrogen and oxygen atoms in total. The molecule has 2 saturated heterocycles. The molecule has 25 heavy (non-hydrogen) atoms. The van der Waals surface area contributed by atoms with Gasteiger partial charge in [0.05, 0.1) is 6.04 Å². The number of carboxylic acid groups (broad SMARTS) is 1. The number of carbonyl (C=O) groups is 2. The Morgan fingerprint density at radius 1 is 1.24 bits per heavy atom. The highest BCUT2D eigenvalue weighted by molar-refractivity contribution is 5.72. The maximum Gasteiger partial charge on any atom is 0.410 e. The van der Waals surface area contributed by atoms with Crippen molar-refractivity contribution >= 4 is 12.2 Å². The molecule has 1 atom stereocenters. The summed E-state index contributed by atoms with van der Waals surface area (Å²) in [6.45, 7) is 3.91. The lowest BCUT2D eigenvalue weighted by Crippen LogP contribution is -2.54. The van der Waals surface area contributed by atoms with E-state index in [1.165, 1.54) is 37.0 Å². The first-order valence-corrected chi connectivity index (χ1v) is 10.0. The van der Waals surface area contributed by atoms with Gasteiger partial charge in [-0.25, -0.2) is 9.59 Å². The standard InChI is InChI=1S/C19H32N2O4/c1-2-3-9-16-19(10-12-20(13-11-19)17(22)23)25-18(24)21(16)14-15-7-5-4-6-8-15/h15-16H,2-14H2,1H3,(H,22,23). The first kappa shape index (κ1) is 18.3. The second-order valence-corrected chi connectivity index (χ2v) is 8.02. The molecular weight excluding hydrogens is 320 g/mol. The molecule has 1 aliphatic carbocycles. The summed E-state index contributed by atoms with van der Waals surface area (Å²) in [6.07, 6.45) is 9.62. The van der Waals surface area contributed by atoms with Crippen LogP contribution < -0.4 is 0 Å². The summed E-state index contributed by atoms with van der Waals surface area (Å²) in [6, 6.07) is 0.109. The van der Waals surface area contributed by atoms with Crippen LogP contribution in [-0.4, -0.2) is 58.4 Å². The second kappa shape index (κ2) is 7.83. The summed E-state index contributed by atoms with van der Waals surface area (Å²) >= 11 is 0. The molecule has 3 rings (SSSR count). The van der Waals surface area contributed by atoms with Crippen LogP contribution in [0.5, 0.6) is 0 Å². The van der Waals surface area contributed by atoms with Gasteiger partial charge in [-0.05, 0) is 25.2 Å². The third-order valence-corrected chi connectivity index (χ3v) is 6.40. The lowest BCUT2D eigenvalue weighted by Gasteiger charge is -2.41. The van der Waals surface area contributed by atoms with Gasteiger partial charge in [0, 0.05) is 32.5 Å². The highest BCUT2D eigenvalue weighted by atomic mass is 16.6. The van der Waals surface area contributed by atoms with Crippen LogP contribution in [0.4, 0.5) is 9.59 Å². The van der Waals surface area contributed by atoms with Crippen LogP contribution in [0, 0.1) is 5.92 Å². The number of carbonyl (C=O) groups excluding carboxylic acids is 1. The van der Waals surface area contributed by atoms with Gasteiger partial charge in [-0.15, -0.1) is 0 Å². The minimum Gasteiger partial charge on any atom is -0.465 e. The van der Waals surface area contributed by atoms with Crippen molar-refractivity contribution in [2.75, 3.05) is 19.6 Å². The summed E-state index contributed by atoms with van der Waals surface area (Å²) in [4.78, 5) is 27.3. The zero-order chi connectivity index (χ0) is 17.9. The van der Waals surface area contributed by atoms with E-state index in [1.54, 1.807) is 0 Å². The van der Waals surface area contributed by atoms with E-state index in [4.69, 9.17) is 4.74 Å². The smallest absolute Gasteiger partial charge is 0.410 e. The molecule has 1 spiro atoms. The van der Waals surface area contributed by atoms with Gasteiger partial charge in [-0.1, -0.05) is 39.0 Å². The SMILES string of the molecule is CCCCC1N(CC2CCCCC2)C(=O)OC12CCN(C(=O)O)CC2. The Bertz CT molecular complexity index is 482. The van der Waals surface area contributed by atoms with Gasteiger partial charge >= 0.3 is 12.2 Å². The van der Waals surface area contributed by atoms with Gasteiger partial charge in [0.15, 0.2) is 0 Å². The second-order valence-electron chi connectivity index (χ2n) is 8.02. The largest absolute Gasteiger partial charge is 0.465 e. The van der Waals surface area contributed by atoms with Gasteiger partial charge in [0.1, 0.15) is 5.60 Å². The molecular formula is C19H32N2O4. The molecule has 3 aliphatic rings. The average molecular weight is 352 g/mol. The van der Waals surface area contributed by atoms with Crippen LogP contribution in [0.25, 0.3) is 0 Å². The van der Waals surface area contributed by atoms with Crippen LogP contribution in [0.1, 0.15) is 71.1 Å². The zero-order valence-electron chi connectivity index (χ0n) is 15.4. The third-order valence-electron chi connectivity index (χ3n) is 6.40. The minimum absolute atomic E-state index is 0.109. The number of amides is 2. The van der Waals surface area contributed by atoms with E-state index in [9.17, 15) is 14.7 Å². The monoisotopic (exact) mass is 352 g/mol. The van der Waals surface area contributed by atoms with Crippen LogP contribution in [-0.2, 0) is 4.74 Å². The van der Waals surface area contributed by atoms with E-state index in [0.29, 0.717) is 31.8 Å². The molecule has 1 saturated carbocycles. The normalized spacial score (nSPS) is 26.9. The van der Waals surface area contributed by atoms with Crippen molar-refractivity contribution in [3.8, 4) is 0 Å². The minimum atomic E-state index is -0.872. The molecule has 0 aromatic carbocycles. The lowest BCUT2D eigenvalue weighted by molar-refractivity contribution is -0.0200. The molecule has 2 heterocycles. The fraction of sp³-hybridized carbons (Fsp3) is 0.895. The highest BCUT2D eigenvalue weighted by Gasteiger charge is 2.55. The van der Waals surface area contributed by atoms with Crippen LogP contribution in [0.2, 0.25) is 0 Å². The molecule has 0 aromatic heterocycles. The van der Waals surface area contributed by atoms with Crippen molar-refractivity contribution in [2.24, 2.45) is 5.92 Å². The topological polar surface area (TPSA) is 70.1 Å². The van der Waals surface area contributed by atoms with Crippen molar-refractivity contribution in [3.63, 3.8) is 0 Å². The first-order chi connectivity index (χ1) is 12.1. The van der Waals surface area contributed by atoms with E-state index in [-0.39, 0.29) is 12.1 Å².